The van der Waals surface area contributed by atoms with E-state index in [0.717, 1.165) is 45.0 Å². The summed E-state index contributed by atoms with van der Waals surface area (Å²) in [5.41, 5.74) is 25.6. The van der Waals surface area contributed by atoms with E-state index in [-0.39, 0.29) is 0 Å². The average molecular weight is 1250 g/mol. The molecular formula is C83H71N13+4. The largest absolute Gasteiger partial charge is 0.261 e. The molecule has 0 saturated carbocycles. The number of fused-ring (bicyclic) bond motifs is 4. The minimum atomic E-state index is 0.688. The summed E-state index contributed by atoms with van der Waals surface area (Å²) in [5, 5.41) is 4.82. The molecule has 13 nitrogen and oxygen atoms in total. The normalized spacial score (nSPS) is 10.9. The van der Waals surface area contributed by atoms with Crippen molar-refractivity contribution in [2.75, 3.05) is 0 Å². The summed E-state index contributed by atoms with van der Waals surface area (Å²) in [7, 11) is 8.44. The van der Waals surface area contributed by atoms with Crippen molar-refractivity contribution in [2.45, 2.75) is 27.7 Å². The van der Waals surface area contributed by atoms with E-state index in [1.807, 2.05) is 18.2 Å². The standard InChI is InChI=1S/3C21H18N3.C20H17N4/c1-15-6-3-4-7-18(15)19-11-10-16-8-9-17(14-20(16)24(19)2)21-22-12-5-13-23-21;1-15-5-3-4-6-18(15)20-10-9-16-7-8-17(13-21(16)24(20)2)19-14-22-11-12-23-19;1-15-5-3-4-6-18(15)20-10-9-16-7-8-17(13-21(16)24(20)2)19-11-12-22-14-23-19;1-14-5-3-4-6-17(14)18-10-9-15-7-8-16(11-19(15)24(18)2)20-22-12-21-13-23-20/h3*3-14H,1-2H3;3-13H,1-2H3/q4*+1. The fourth-order valence-corrected chi connectivity index (χ4v) is 12.4. The molecule has 96 heavy (non-hydrogen) atoms. The maximum Gasteiger partial charge on any atom is 0.213 e. The van der Waals surface area contributed by atoms with Gasteiger partial charge in [0.2, 0.25) is 44.8 Å². The molecular weight excluding hydrogens is 1180 g/mol. The van der Waals surface area contributed by atoms with E-state index in [0.29, 0.717) is 5.82 Å². The van der Waals surface area contributed by atoms with Crippen molar-refractivity contribution in [2.24, 2.45) is 28.2 Å². The number of aryl methyl sites for hydroxylation is 8. The molecule has 13 heteroatoms. The summed E-state index contributed by atoms with van der Waals surface area (Å²) >= 11 is 0. The van der Waals surface area contributed by atoms with E-state index in [2.05, 4.69) is 331 Å². The zero-order chi connectivity index (χ0) is 66.1. The van der Waals surface area contributed by atoms with Gasteiger partial charge in [-0.05, 0) is 135 Å². The zero-order valence-corrected chi connectivity index (χ0v) is 54.9. The highest BCUT2D eigenvalue weighted by molar-refractivity contribution is 5.86. The van der Waals surface area contributed by atoms with E-state index in [4.69, 9.17) is 0 Å². The van der Waals surface area contributed by atoms with Gasteiger partial charge in [-0.2, -0.15) is 18.3 Å². The topological polar surface area (TPSA) is 132 Å². The molecule has 464 valence electrons. The maximum atomic E-state index is 4.41. The lowest BCUT2D eigenvalue weighted by atomic mass is 10.0. The van der Waals surface area contributed by atoms with Crippen LogP contribution in [0.5, 0.6) is 0 Å². The lowest BCUT2D eigenvalue weighted by Gasteiger charge is -2.07. The number of pyridine rings is 4. The Morgan fingerprint density at radius 1 is 0.250 bits per heavy atom. The molecule has 0 atom stereocenters. The SMILES string of the molecule is Cc1ccccc1-c1ccc2ccc(-c3ccncn3)cc2[n+]1C.Cc1ccccc1-c1ccc2ccc(-c3cnccn3)cc2[n+]1C.Cc1ccccc1-c1ccc2ccc(-c3ncccn3)cc2[n+]1C.Cc1ccccc1-c1ccc2ccc(-c3ncncn3)cc2[n+]1C. The van der Waals surface area contributed by atoms with Crippen molar-refractivity contribution in [3.63, 3.8) is 0 Å². The fraction of sp³-hybridized carbons (Fsp3) is 0.0964. The summed E-state index contributed by atoms with van der Waals surface area (Å²) in [6.07, 6.45) is 15.2. The highest BCUT2D eigenvalue weighted by Crippen LogP contribution is 2.30. The number of benzene rings is 8. The Kier molecular flexibility index (Phi) is 18.4. The molecule has 0 bridgehead atoms. The molecule has 0 radical (unpaired) electrons. The molecule has 16 rings (SSSR count). The Morgan fingerprint density at radius 2 is 0.594 bits per heavy atom. The van der Waals surface area contributed by atoms with Gasteiger partial charge in [0.15, 0.2) is 11.6 Å². The Morgan fingerprint density at radius 3 is 0.958 bits per heavy atom. The smallest absolute Gasteiger partial charge is 0.213 e. The third kappa shape index (κ3) is 13.3. The number of hydrogen-bond acceptors (Lipinski definition) is 9. The first-order valence-electron chi connectivity index (χ1n) is 31.8. The second kappa shape index (κ2) is 28.3. The second-order valence-corrected chi connectivity index (χ2v) is 23.7. The molecule has 0 spiro atoms. The summed E-state index contributed by atoms with van der Waals surface area (Å²) in [6.45, 7) is 8.58. The van der Waals surface area contributed by atoms with Gasteiger partial charge in [-0.25, -0.2) is 34.9 Å². The quantitative estimate of drug-likeness (QED) is 0.136. The first-order valence-corrected chi connectivity index (χ1v) is 31.8. The van der Waals surface area contributed by atoms with E-state index in [1.54, 1.807) is 43.5 Å². The monoisotopic (exact) mass is 1250 g/mol. The predicted molar refractivity (Wildman–Crippen MR) is 383 cm³/mol. The molecule has 8 aromatic carbocycles. The minimum absolute atomic E-state index is 0.688. The average Bonchev–Trinajstić information content (AvgIpc) is 0.838. The van der Waals surface area contributed by atoms with E-state index < -0.39 is 0 Å². The molecule has 0 aliphatic rings. The van der Waals surface area contributed by atoms with Crippen molar-refractivity contribution in [1.29, 1.82) is 0 Å². The summed E-state index contributed by atoms with van der Waals surface area (Å²) < 4.78 is 8.96. The lowest BCUT2D eigenvalue weighted by molar-refractivity contribution is -0.633. The van der Waals surface area contributed by atoms with Gasteiger partial charge in [0.25, 0.3) is 0 Å². The Hall–Kier alpha value is -12.4. The molecule has 0 amide bonds. The Balaban J connectivity index is 0.000000116. The number of hydrogen-bond donors (Lipinski definition) is 0. The van der Waals surface area contributed by atoms with Gasteiger partial charge in [-0.15, -0.1) is 0 Å². The van der Waals surface area contributed by atoms with Gasteiger partial charge in [-0.1, -0.05) is 97.1 Å². The Bertz CT molecular complexity index is 4780. The third-order valence-corrected chi connectivity index (χ3v) is 17.7. The predicted octanol–water partition coefficient (Wildman–Crippen LogP) is 15.8. The minimum Gasteiger partial charge on any atom is -0.261 e. The van der Waals surface area contributed by atoms with E-state index in [1.165, 1.54) is 118 Å². The van der Waals surface area contributed by atoms with Crippen LogP contribution in [0.4, 0.5) is 0 Å². The van der Waals surface area contributed by atoms with Gasteiger partial charge in [-0.3, -0.25) is 9.97 Å². The van der Waals surface area contributed by atoms with Gasteiger partial charge >= 0.3 is 0 Å². The summed E-state index contributed by atoms with van der Waals surface area (Å²) in [4.78, 5) is 38.0. The second-order valence-electron chi connectivity index (χ2n) is 23.7. The third-order valence-electron chi connectivity index (χ3n) is 17.7. The van der Waals surface area contributed by atoms with Crippen molar-refractivity contribution < 1.29 is 18.3 Å². The molecule has 16 aromatic rings. The van der Waals surface area contributed by atoms with Crippen LogP contribution in [0.1, 0.15) is 22.3 Å². The van der Waals surface area contributed by atoms with Crippen molar-refractivity contribution in [3.8, 4) is 90.3 Å². The highest BCUT2D eigenvalue weighted by Gasteiger charge is 2.21. The molecule has 0 saturated heterocycles. The van der Waals surface area contributed by atoms with Gasteiger partial charge in [0, 0.05) is 146 Å². The van der Waals surface area contributed by atoms with Gasteiger partial charge < -0.3 is 0 Å². The van der Waals surface area contributed by atoms with Crippen LogP contribution < -0.4 is 18.3 Å². The zero-order valence-electron chi connectivity index (χ0n) is 54.9. The van der Waals surface area contributed by atoms with Crippen LogP contribution in [0.2, 0.25) is 0 Å². The van der Waals surface area contributed by atoms with Crippen molar-refractivity contribution in [3.05, 3.63) is 309 Å². The molecule has 0 aliphatic carbocycles. The number of rotatable bonds is 8. The lowest BCUT2D eigenvalue weighted by Crippen LogP contribution is -2.32. The van der Waals surface area contributed by atoms with Crippen LogP contribution in [-0.4, -0.2) is 44.9 Å². The molecule has 8 aromatic heterocycles. The molecule has 0 aliphatic heterocycles. The van der Waals surface area contributed by atoms with Crippen LogP contribution >= 0.6 is 0 Å². The summed E-state index contributed by atoms with van der Waals surface area (Å²) in [5.74, 6) is 1.44. The first-order chi connectivity index (χ1) is 46.9. The fourth-order valence-electron chi connectivity index (χ4n) is 12.4. The molecule has 0 fully saturated rings. The molecule has 0 unspecified atom stereocenters. The van der Waals surface area contributed by atoms with Crippen LogP contribution in [0.25, 0.3) is 134 Å². The highest BCUT2D eigenvalue weighted by atomic mass is 15.0. The van der Waals surface area contributed by atoms with Crippen LogP contribution in [0.3, 0.4) is 0 Å². The summed E-state index contributed by atoms with van der Waals surface area (Å²) in [6, 6.07) is 80.6. The van der Waals surface area contributed by atoms with Crippen LogP contribution in [0.15, 0.2) is 287 Å². The maximum absolute atomic E-state index is 4.41. The van der Waals surface area contributed by atoms with Gasteiger partial charge in [0.05, 0.1) is 17.6 Å². The van der Waals surface area contributed by atoms with Crippen molar-refractivity contribution in [1.82, 2.24) is 44.9 Å². The van der Waals surface area contributed by atoms with Gasteiger partial charge in [0.1, 0.15) is 47.2 Å². The molecule has 0 N–H and O–H groups in total. The first kappa shape index (κ1) is 62.5. The van der Waals surface area contributed by atoms with Crippen LogP contribution in [-0.2, 0) is 28.2 Å². The number of nitrogens with zero attached hydrogens (tertiary/aromatic N) is 13. The van der Waals surface area contributed by atoms with Crippen molar-refractivity contribution >= 4 is 43.6 Å². The van der Waals surface area contributed by atoms with E-state index in [9.17, 15) is 0 Å². The van der Waals surface area contributed by atoms with E-state index >= 15 is 0 Å². The Labute approximate surface area is 558 Å². The van der Waals surface area contributed by atoms with Crippen LogP contribution in [0, 0.1) is 27.7 Å². The number of aromatic nitrogens is 13. The molecule has 8 heterocycles.